The molecule has 0 aliphatic carbocycles. The first kappa shape index (κ1) is 18.6. The highest BCUT2D eigenvalue weighted by Crippen LogP contribution is 2.23. The number of hydrogen-bond donors (Lipinski definition) is 3. The quantitative estimate of drug-likeness (QED) is 0.576. The van der Waals surface area contributed by atoms with Gasteiger partial charge >= 0.3 is 5.69 Å². The van der Waals surface area contributed by atoms with Crippen LogP contribution in [0.5, 0.6) is 0 Å². The summed E-state index contributed by atoms with van der Waals surface area (Å²) in [4.78, 5) is 25.3. The molecule has 3 heterocycles. The van der Waals surface area contributed by atoms with E-state index in [0.717, 1.165) is 25.2 Å². The molecule has 0 spiro atoms. The second-order valence-corrected chi connectivity index (χ2v) is 6.61. The molecule has 0 saturated carbocycles. The van der Waals surface area contributed by atoms with Crippen molar-refractivity contribution in [3.8, 4) is 0 Å². The molecular formula is C21H21N7O. The van der Waals surface area contributed by atoms with Crippen molar-refractivity contribution >= 4 is 34.2 Å². The highest BCUT2D eigenvalue weighted by molar-refractivity contribution is 5.87. The first-order valence-corrected chi connectivity index (χ1v) is 9.21. The lowest BCUT2D eigenvalue weighted by Gasteiger charge is -2.18. The molecule has 0 unspecified atom stereocenters. The van der Waals surface area contributed by atoms with Gasteiger partial charge in [0.25, 0.3) is 0 Å². The van der Waals surface area contributed by atoms with Gasteiger partial charge in [-0.25, -0.2) is 14.3 Å². The average molecular weight is 387 g/mol. The minimum Gasteiger partial charge on any atom is -0.384 e. The third-order valence-electron chi connectivity index (χ3n) is 4.78. The molecule has 0 saturated heterocycles. The van der Waals surface area contributed by atoms with E-state index in [1.807, 2.05) is 6.07 Å². The van der Waals surface area contributed by atoms with E-state index in [2.05, 4.69) is 50.9 Å². The smallest absolute Gasteiger partial charge is 0.355 e. The van der Waals surface area contributed by atoms with Gasteiger partial charge in [-0.1, -0.05) is 25.3 Å². The number of nitrogens with one attached hydrogen (secondary N) is 2. The molecule has 8 nitrogen and oxygen atoms in total. The largest absolute Gasteiger partial charge is 0.384 e. The average Bonchev–Trinajstić information content (AvgIpc) is 2.72. The third kappa shape index (κ3) is 3.53. The van der Waals surface area contributed by atoms with E-state index in [9.17, 15) is 4.79 Å². The number of hydrogen-bond acceptors (Lipinski definition) is 7. The Morgan fingerprint density at radius 2 is 2.14 bits per heavy atom. The van der Waals surface area contributed by atoms with E-state index in [0.29, 0.717) is 17.0 Å². The first-order chi connectivity index (χ1) is 14.1. The zero-order valence-electron chi connectivity index (χ0n) is 15.9. The summed E-state index contributed by atoms with van der Waals surface area (Å²) in [5.74, 6) is 0.537. The highest BCUT2D eigenvalue weighted by atomic mass is 16.1. The number of anilines is 3. The van der Waals surface area contributed by atoms with E-state index in [1.165, 1.54) is 21.8 Å². The van der Waals surface area contributed by atoms with Gasteiger partial charge in [-0.2, -0.15) is 9.97 Å². The number of rotatable bonds is 5. The number of nitrogens with two attached hydrogens (primary N) is 1. The van der Waals surface area contributed by atoms with E-state index < -0.39 is 5.69 Å². The van der Waals surface area contributed by atoms with Gasteiger partial charge in [-0.3, -0.25) is 0 Å². The maximum atomic E-state index is 12.5. The fourth-order valence-electron chi connectivity index (χ4n) is 3.35. The monoisotopic (exact) mass is 387 g/mol. The Balaban J connectivity index is 1.72. The number of benzene rings is 1. The molecule has 8 heteroatoms. The van der Waals surface area contributed by atoms with Crippen molar-refractivity contribution in [1.29, 1.82) is 0 Å². The Morgan fingerprint density at radius 1 is 1.28 bits per heavy atom. The molecule has 0 radical (unpaired) electrons. The van der Waals surface area contributed by atoms with Crippen LogP contribution in [-0.4, -0.2) is 26.1 Å². The number of fused-ring (bicyclic) bond motifs is 2. The van der Waals surface area contributed by atoms with Crippen LogP contribution < -0.4 is 22.1 Å². The molecular weight excluding hydrogens is 366 g/mol. The molecule has 4 N–H and O–H groups in total. The predicted molar refractivity (Wildman–Crippen MR) is 116 cm³/mol. The third-order valence-corrected chi connectivity index (χ3v) is 4.78. The molecule has 29 heavy (non-hydrogen) atoms. The standard InChI is InChI=1S/C21H21N7O/c1-3-5-16(4-2)28-18(22)17-12-24-20(26-19(17)27-21(28)29)25-15-7-6-13-8-9-23-11-14(13)10-15/h3-7,10,12,23H,1-2,8-9,11,22H2,(H,25,26,27,29)/b16-5+. The maximum Gasteiger partial charge on any atom is 0.355 e. The van der Waals surface area contributed by atoms with Gasteiger partial charge in [0.2, 0.25) is 5.95 Å². The maximum absolute atomic E-state index is 12.5. The van der Waals surface area contributed by atoms with Crippen LogP contribution in [-0.2, 0) is 13.0 Å². The van der Waals surface area contributed by atoms with Crippen LogP contribution >= 0.6 is 0 Å². The minimum absolute atomic E-state index is 0.194. The van der Waals surface area contributed by atoms with Crippen LogP contribution in [0.3, 0.4) is 0 Å². The normalized spacial score (nSPS) is 13.7. The van der Waals surface area contributed by atoms with Crippen LogP contribution in [0.2, 0.25) is 0 Å². The SMILES string of the molecule is C=C/C=C(\C=C)n1c(N)c2cnc(Nc3ccc4c(c3)CNCC4)nc2nc1=O. The van der Waals surface area contributed by atoms with Crippen molar-refractivity contribution in [1.82, 2.24) is 24.8 Å². The fourth-order valence-corrected chi connectivity index (χ4v) is 3.35. The lowest BCUT2D eigenvalue weighted by Crippen LogP contribution is -2.25. The summed E-state index contributed by atoms with van der Waals surface area (Å²) >= 11 is 0. The molecule has 1 aliphatic rings. The van der Waals surface area contributed by atoms with Gasteiger partial charge in [-0.15, -0.1) is 0 Å². The molecule has 4 rings (SSSR count). The van der Waals surface area contributed by atoms with Crippen LogP contribution in [0.15, 0.2) is 60.6 Å². The van der Waals surface area contributed by atoms with E-state index in [-0.39, 0.29) is 11.5 Å². The van der Waals surface area contributed by atoms with Crippen LogP contribution in [0, 0.1) is 0 Å². The van der Waals surface area contributed by atoms with Gasteiger partial charge in [0.05, 0.1) is 11.1 Å². The number of allylic oxidation sites excluding steroid dienone is 4. The molecule has 0 bridgehead atoms. The molecule has 3 aromatic rings. The zero-order valence-corrected chi connectivity index (χ0v) is 15.9. The Labute approximate surface area is 167 Å². The van der Waals surface area contributed by atoms with Crippen LogP contribution in [0.1, 0.15) is 11.1 Å². The topological polar surface area (TPSA) is 111 Å². The van der Waals surface area contributed by atoms with Crippen molar-refractivity contribution in [3.05, 3.63) is 77.4 Å². The van der Waals surface area contributed by atoms with Crippen molar-refractivity contribution in [3.63, 3.8) is 0 Å². The van der Waals surface area contributed by atoms with Gasteiger partial charge in [-0.05, 0) is 48.4 Å². The van der Waals surface area contributed by atoms with Gasteiger partial charge in [0, 0.05) is 18.4 Å². The van der Waals surface area contributed by atoms with Gasteiger partial charge < -0.3 is 16.4 Å². The second-order valence-electron chi connectivity index (χ2n) is 6.61. The van der Waals surface area contributed by atoms with E-state index >= 15 is 0 Å². The second kappa shape index (κ2) is 7.69. The summed E-state index contributed by atoms with van der Waals surface area (Å²) < 4.78 is 1.25. The summed E-state index contributed by atoms with van der Waals surface area (Å²) in [7, 11) is 0. The molecule has 0 amide bonds. The first-order valence-electron chi connectivity index (χ1n) is 9.21. The highest BCUT2D eigenvalue weighted by Gasteiger charge is 2.14. The van der Waals surface area contributed by atoms with E-state index in [1.54, 1.807) is 18.3 Å². The summed E-state index contributed by atoms with van der Waals surface area (Å²) in [5.41, 5.74) is 9.81. The zero-order chi connectivity index (χ0) is 20.4. The Morgan fingerprint density at radius 3 is 2.93 bits per heavy atom. The van der Waals surface area contributed by atoms with Crippen molar-refractivity contribution < 1.29 is 0 Å². The van der Waals surface area contributed by atoms with E-state index in [4.69, 9.17) is 5.73 Å². The molecule has 1 aliphatic heterocycles. The number of nitrogens with zero attached hydrogens (tertiary/aromatic N) is 4. The minimum atomic E-state index is -0.549. The summed E-state index contributed by atoms with van der Waals surface area (Å²) in [6.45, 7) is 9.17. The molecule has 146 valence electrons. The van der Waals surface area contributed by atoms with Gasteiger partial charge in [0.1, 0.15) is 5.82 Å². The van der Waals surface area contributed by atoms with Gasteiger partial charge in [0.15, 0.2) is 5.65 Å². The molecule has 0 atom stereocenters. The molecule has 0 fully saturated rings. The molecule has 2 aromatic heterocycles. The van der Waals surface area contributed by atoms with Crippen molar-refractivity contribution in [2.75, 3.05) is 17.6 Å². The lowest BCUT2D eigenvalue weighted by atomic mass is 10.0. The number of aromatic nitrogens is 4. The molecule has 1 aromatic carbocycles. The van der Waals surface area contributed by atoms with Crippen LogP contribution in [0.4, 0.5) is 17.5 Å². The lowest BCUT2D eigenvalue weighted by molar-refractivity contribution is 0.644. The predicted octanol–water partition coefficient (Wildman–Crippen LogP) is 2.37. The Bertz CT molecular complexity index is 1210. The summed E-state index contributed by atoms with van der Waals surface area (Å²) in [6.07, 6.45) is 7.25. The fraction of sp³-hybridized carbons (Fsp3) is 0.143. The van der Waals surface area contributed by atoms with Crippen LogP contribution in [0.25, 0.3) is 16.7 Å². The number of nitrogen functional groups attached to an aromatic ring is 1. The Hall–Kier alpha value is -3.78. The van der Waals surface area contributed by atoms with Crippen molar-refractivity contribution in [2.45, 2.75) is 13.0 Å². The summed E-state index contributed by atoms with van der Waals surface area (Å²) in [5, 5.41) is 7.01. The summed E-state index contributed by atoms with van der Waals surface area (Å²) in [6, 6.07) is 6.18. The Kier molecular flexibility index (Phi) is 4.92. The van der Waals surface area contributed by atoms with Crippen molar-refractivity contribution in [2.24, 2.45) is 0 Å².